The van der Waals surface area contributed by atoms with Crippen LogP contribution in [0, 0.1) is 13.8 Å². The Morgan fingerprint density at radius 1 is 0.952 bits per heavy atom. The fraction of sp³-hybridized carbons (Fsp3) is 0.114. The molecule has 208 valence electrons. The van der Waals surface area contributed by atoms with Gasteiger partial charge in [0.15, 0.2) is 0 Å². The number of carbonyl (C=O) groups excluding carboxylic acids is 1. The molecule has 7 heteroatoms. The Bertz CT molecular complexity index is 1980. The zero-order valence-corrected chi connectivity index (χ0v) is 24.3. The fourth-order valence-corrected chi connectivity index (χ4v) is 5.47. The summed E-state index contributed by atoms with van der Waals surface area (Å²) in [6, 6.07) is 31.3. The molecular formula is C35H29ClN4O2. The maximum atomic E-state index is 13.5. The second kappa shape index (κ2) is 11.5. The predicted molar refractivity (Wildman–Crippen MR) is 171 cm³/mol. The number of ether oxygens (including phenoxy) is 1. The number of para-hydroxylation sites is 1. The van der Waals surface area contributed by atoms with Crippen LogP contribution in [0.2, 0.25) is 5.02 Å². The van der Waals surface area contributed by atoms with Gasteiger partial charge in [-0.1, -0.05) is 59.6 Å². The monoisotopic (exact) mass is 572 g/mol. The number of halogens is 1. The van der Waals surface area contributed by atoms with Crippen molar-refractivity contribution in [3.05, 3.63) is 130 Å². The first-order chi connectivity index (χ1) is 20.4. The van der Waals surface area contributed by atoms with Gasteiger partial charge in [0.05, 0.1) is 30.1 Å². The minimum Gasteiger partial charge on any atom is -0.497 e. The number of hydrogen-bond acceptors (Lipinski definition) is 4. The second-order valence-corrected chi connectivity index (χ2v) is 10.6. The standard InChI is InChI=1S/C35H29ClN4O2/c1-22-12-17-34-28(18-22)30(23(2)40(34)21-25-8-4-6-10-31(25)36)20-37-39-35(41)29-19-33(24-13-15-26(42-3)16-14-24)38-32-11-7-5-9-27(29)32/h4-20H,21H2,1-3H3,(H,39,41)/b37-20+. The van der Waals surface area contributed by atoms with Gasteiger partial charge in [0, 0.05) is 44.7 Å². The Labute approximate surface area is 249 Å². The van der Waals surface area contributed by atoms with Crippen molar-refractivity contribution in [3.63, 3.8) is 0 Å². The minimum absolute atomic E-state index is 0.312. The molecule has 0 saturated heterocycles. The molecule has 42 heavy (non-hydrogen) atoms. The normalized spacial score (nSPS) is 11.4. The van der Waals surface area contributed by atoms with Gasteiger partial charge >= 0.3 is 0 Å². The van der Waals surface area contributed by atoms with Crippen LogP contribution >= 0.6 is 11.6 Å². The van der Waals surface area contributed by atoms with Crippen LogP contribution in [0.1, 0.15) is 32.7 Å². The zero-order chi connectivity index (χ0) is 29.2. The lowest BCUT2D eigenvalue weighted by Crippen LogP contribution is -2.18. The maximum Gasteiger partial charge on any atom is 0.272 e. The molecule has 0 unspecified atom stereocenters. The summed E-state index contributed by atoms with van der Waals surface area (Å²) < 4.78 is 7.52. The molecule has 6 rings (SSSR count). The molecule has 4 aromatic carbocycles. The number of carbonyl (C=O) groups is 1. The van der Waals surface area contributed by atoms with Crippen LogP contribution in [0.4, 0.5) is 0 Å². The van der Waals surface area contributed by atoms with E-state index in [-0.39, 0.29) is 5.91 Å². The van der Waals surface area contributed by atoms with Gasteiger partial charge in [0.2, 0.25) is 0 Å². The van der Waals surface area contributed by atoms with Crippen molar-refractivity contribution >= 4 is 45.5 Å². The summed E-state index contributed by atoms with van der Waals surface area (Å²) in [6.07, 6.45) is 1.73. The highest BCUT2D eigenvalue weighted by atomic mass is 35.5. The van der Waals surface area contributed by atoms with Crippen LogP contribution in [0.3, 0.4) is 0 Å². The van der Waals surface area contributed by atoms with Crippen LogP contribution in [0.25, 0.3) is 33.1 Å². The molecule has 6 nitrogen and oxygen atoms in total. The van der Waals surface area contributed by atoms with Gasteiger partial charge in [0.25, 0.3) is 5.91 Å². The number of aromatic nitrogens is 2. The SMILES string of the molecule is COc1ccc(-c2cc(C(=O)N/N=C/c3c(C)n(Cc4ccccc4Cl)c4ccc(C)cc34)c3ccccc3n2)cc1. The molecule has 0 radical (unpaired) electrons. The Morgan fingerprint density at radius 2 is 1.71 bits per heavy atom. The Kier molecular flexibility index (Phi) is 7.46. The quantitative estimate of drug-likeness (QED) is 0.156. The summed E-state index contributed by atoms with van der Waals surface area (Å²) in [4.78, 5) is 18.3. The van der Waals surface area contributed by atoms with Gasteiger partial charge < -0.3 is 9.30 Å². The average molecular weight is 573 g/mol. The summed E-state index contributed by atoms with van der Waals surface area (Å²) in [6.45, 7) is 4.76. The van der Waals surface area contributed by atoms with Crippen molar-refractivity contribution in [3.8, 4) is 17.0 Å². The van der Waals surface area contributed by atoms with Gasteiger partial charge in [-0.05, 0) is 74.0 Å². The van der Waals surface area contributed by atoms with Gasteiger partial charge in [0.1, 0.15) is 5.75 Å². The van der Waals surface area contributed by atoms with E-state index in [2.05, 4.69) is 47.1 Å². The largest absolute Gasteiger partial charge is 0.497 e. The molecule has 0 bridgehead atoms. The summed E-state index contributed by atoms with van der Waals surface area (Å²) in [7, 11) is 1.63. The Balaban J connectivity index is 1.34. The van der Waals surface area contributed by atoms with Crippen molar-refractivity contribution in [2.45, 2.75) is 20.4 Å². The molecule has 2 aromatic heterocycles. The number of nitrogens with zero attached hydrogens (tertiary/aromatic N) is 3. The predicted octanol–water partition coefficient (Wildman–Crippen LogP) is 7.95. The van der Waals surface area contributed by atoms with Crippen molar-refractivity contribution < 1.29 is 9.53 Å². The Morgan fingerprint density at radius 3 is 2.50 bits per heavy atom. The van der Waals surface area contributed by atoms with Crippen LogP contribution < -0.4 is 10.2 Å². The molecule has 1 amide bonds. The summed E-state index contributed by atoms with van der Waals surface area (Å²) >= 11 is 6.49. The van der Waals surface area contributed by atoms with E-state index in [9.17, 15) is 4.79 Å². The third-order valence-corrected chi connectivity index (χ3v) is 7.89. The highest BCUT2D eigenvalue weighted by molar-refractivity contribution is 6.31. The topological polar surface area (TPSA) is 68.5 Å². The van der Waals surface area contributed by atoms with E-state index in [1.807, 2.05) is 72.8 Å². The van der Waals surface area contributed by atoms with Gasteiger partial charge in [-0.15, -0.1) is 0 Å². The van der Waals surface area contributed by atoms with Crippen molar-refractivity contribution in [1.82, 2.24) is 15.0 Å². The lowest BCUT2D eigenvalue weighted by atomic mass is 10.0. The molecule has 1 N–H and O–H groups in total. The first kappa shape index (κ1) is 27.2. The highest BCUT2D eigenvalue weighted by Gasteiger charge is 2.16. The molecule has 0 aliphatic heterocycles. The van der Waals surface area contributed by atoms with Crippen molar-refractivity contribution in [1.29, 1.82) is 0 Å². The van der Waals surface area contributed by atoms with E-state index < -0.39 is 0 Å². The fourth-order valence-electron chi connectivity index (χ4n) is 5.27. The average Bonchev–Trinajstić information content (AvgIpc) is 3.26. The number of rotatable bonds is 7. The molecule has 0 atom stereocenters. The molecule has 0 aliphatic carbocycles. The molecule has 0 spiro atoms. The van der Waals surface area contributed by atoms with Crippen LogP contribution in [-0.2, 0) is 6.54 Å². The molecule has 6 aromatic rings. The van der Waals surface area contributed by atoms with E-state index in [1.165, 1.54) is 0 Å². The number of hydrazone groups is 1. The highest BCUT2D eigenvalue weighted by Crippen LogP contribution is 2.29. The van der Waals surface area contributed by atoms with Crippen LogP contribution in [-0.4, -0.2) is 28.8 Å². The Hall–Kier alpha value is -4.94. The first-order valence-electron chi connectivity index (χ1n) is 13.6. The number of aryl methyl sites for hydroxylation is 1. The number of methoxy groups -OCH3 is 1. The lowest BCUT2D eigenvalue weighted by molar-refractivity contribution is 0.0956. The summed E-state index contributed by atoms with van der Waals surface area (Å²) in [5, 5.41) is 6.97. The van der Waals surface area contributed by atoms with Crippen LogP contribution in [0.15, 0.2) is 102 Å². The second-order valence-electron chi connectivity index (χ2n) is 10.2. The van der Waals surface area contributed by atoms with Gasteiger partial charge in [-0.2, -0.15) is 5.10 Å². The number of amides is 1. The number of pyridine rings is 1. The van der Waals surface area contributed by atoms with Gasteiger partial charge in [-0.3, -0.25) is 4.79 Å². The smallest absolute Gasteiger partial charge is 0.272 e. The third-order valence-electron chi connectivity index (χ3n) is 7.52. The molecule has 0 fully saturated rings. The van der Waals surface area contributed by atoms with Crippen molar-refractivity contribution in [2.24, 2.45) is 5.10 Å². The maximum absolute atomic E-state index is 13.5. The zero-order valence-electron chi connectivity index (χ0n) is 23.6. The molecule has 0 saturated carbocycles. The van der Waals surface area contributed by atoms with Gasteiger partial charge in [-0.25, -0.2) is 10.4 Å². The third kappa shape index (κ3) is 5.24. The molecule has 0 aliphatic rings. The van der Waals surface area contributed by atoms with E-state index in [0.29, 0.717) is 17.8 Å². The van der Waals surface area contributed by atoms with E-state index in [1.54, 1.807) is 19.4 Å². The first-order valence-corrected chi connectivity index (χ1v) is 14.0. The van der Waals surface area contributed by atoms with Crippen LogP contribution in [0.5, 0.6) is 5.75 Å². The number of fused-ring (bicyclic) bond motifs is 2. The minimum atomic E-state index is -0.312. The van der Waals surface area contributed by atoms with Crippen molar-refractivity contribution in [2.75, 3.05) is 7.11 Å². The number of benzene rings is 4. The molecular weight excluding hydrogens is 544 g/mol. The summed E-state index contributed by atoms with van der Waals surface area (Å²) in [5.74, 6) is 0.443. The number of nitrogens with one attached hydrogen (secondary N) is 1. The van der Waals surface area contributed by atoms with E-state index in [4.69, 9.17) is 21.3 Å². The van der Waals surface area contributed by atoms with E-state index in [0.717, 1.165) is 60.5 Å². The molecule has 2 heterocycles. The summed E-state index contributed by atoms with van der Waals surface area (Å²) in [5.41, 5.74) is 10.8. The number of hydrogen-bond donors (Lipinski definition) is 1. The lowest BCUT2D eigenvalue weighted by Gasteiger charge is -2.10. The van der Waals surface area contributed by atoms with E-state index >= 15 is 0 Å².